The maximum absolute atomic E-state index is 6.04. The first-order chi connectivity index (χ1) is 8.58. The zero-order valence-electron chi connectivity index (χ0n) is 10.9. The van der Waals surface area contributed by atoms with Crippen LogP contribution in [0.15, 0.2) is 11.4 Å². The quantitative estimate of drug-likeness (QED) is 0.844. The SMILES string of the molecule is CC(C)Oc1ncnc(SC2CCOC2C)c1N. The molecule has 1 saturated heterocycles. The van der Waals surface area contributed by atoms with Gasteiger partial charge in [0.2, 0.25) is 5.88 Å². The van der Waals surface area contributed by atoms with Gasteiger partial charge in [-0.1, -0.05) is 11.8 Å². The van der Waals surface area contributed by atoms with Crippen molar-refractivity contribution in [3.8, 4) is 5.88 Å². The predicted octanol–water partition coefficient (Wildman–Crippen LogP) is 2.12. The summed E-state index contributed by atoms with van der Waals surface area (Å²) in [6.07, 6.45) is 2.81. The van der Waals surface area contributed by atoms with E-state index >= 15 is 0 Å². The molecule has 6 heteroatoms. The third kappa shape index (κ3) is 3.05. The Morgan fingerprint density at radius 2 is 2.28 bits per heavy atom. The summed E-state index contributed by atoms with van der Waals surface area (Å²) in [5, 5.41) is 1.18. The first-order valence-electron chi connectivity index (χ1n) is 6.13. The van der Waals surface area contributed by atoms with Crippen molar-refractivity contribution >= 4 is 17.4 Å². The van der Waals surface area contributed by atoms with Crippen LogP contribution >= 0.6 is 11.8 Å². The molecule has 0 bridgehead atoms. The molecule has 0 radical (unpaired) electrons. The molecule has 2 N–H and O–H groups in total. The van der Waals surface area contributed by atoms with Gasteiger partial charge in [0.25, 0.3) is 0 Å². The lowest BCUT2D eigenvalue weighted by molar-refractivity contribution is 0.127. The van der Waals surface area contributed by atoms with E-state index < -0.39 is 0 Å². The highest BCUT2D eigenvalue weighted by molar-refractivity contribution is 8.00. The first kappa shape index (κ1) is 13.4. The third-order valence-electron chi connectivity index (χ3n) is 2.73. The van der Waals surface area contributed by atoms with E-state index in [4.69, 9.17) is 15.2 Å². The van der Waals surface area contributed by atoms with Crippen molar-refractivity contribution < 1.29 is 9.47 Å². The van der Waals surface area contributed by atoms with E-state index in [-0.39, 0.29) is 12.2 Å². The molecule has 0 spiro atoms. The van der Waals surface area contributed by atoms with Gasteiger partial charge >= 0.3 is 0 Å². The molecule has 0 aromatic carbocycles. The Balaban J connectivity index is 2.12. The van der Waals surface area contributed by atoms with Crippen molar-refractivity contribution in [2.75, 3.05) is 12.3 Å². The van der Waals surface area contributed by atoms with Crippen molar-refractivity contribution in [1.29, 1.82) is 0 Å². The van der Waals surface area contributed by atoms with E-state index in [2.05, 4.69) is 16.9 Å². The van der Waals surface area contributed by atoms with Crippen LogP contribution < -0.4 is 10.5 Å². The molecule has 2 unspecified atom stereocenters. The van der Waals surface area contributed by atoms with Crippen molar-refractivity contribution in [2.45, 2.75) is 49.7 Å². The second-order valence-electron chi connectivity index (χ2n) is 4.59. The molecular weight excluding hydrogens is 250 g/mol. The normalized spacial score (nSPS) is 23.6. The van der Waals surface area contributed by atoms with Gasteiger partial charge in [-0.3, -0.25) is 0 Å². The van der Waals surface area contributed by atoms with Gasteiger partial charge in [-0.15, -0.1) is 0 Å². The summed E-state index contributed by atoms with van der Waals surface area (Å²) in [5.74, 6) is 0.467. The van der Waals surface area contributed by atoms with Crippen LogP contribution in [0.3, 0.4) is 0 Å². The third-order valence-corrected chi connectivity index (χ3v) is 4.20. The zero-order valence-corrected chi connectivity index (χ0v) is 11.7. The van der Waals surface area contributed by atoms with Crippen LogP contribution in [-0.2, 0) is 4.74 Å². The standard InChI is InChI=1S/C12H19N3O2S/c1-7(2)17-11-10(13)12(15-6-14-11)18-9-4-5-16-8(9)3/h6-9H,4-5,13H2,1-3H3. The van der Waals surface area contributed by atoms with Crippen LogP contribution in [-0.4, -0.2) is 34.0 Å². The molecule has 5 nitrogen and oxygen atoms in total. The Morgan fingerprint density at radius 3 is 2.89 bits per heavy atom. The summed E-state index contributed by atoms with van der Waals surface area (Å²) in [5.41, 5.74) is 6.57. The first-order valence-corrected chi connectivity index (χ1v) is 7.01. The Bertz CT molecular complexity index is 414. The smallest absolute Gasteiger partial charge is 0.241 e. The molecule has 2 atom stereocenters. The lowest BCUT2D eigenvalue weighted by Crippen LogP contribution is -2.15. The van der Waals surface area contributed by atoms with Crippen LogP contribution in [0.25, 0.3) is 0 Å². The Hall–Kier alpha value is -1.01. The number of rotatable bonds is 4. The summed E-state index contributed by atoms with van der Waals surface area (Å²) in [6.45, 7) is 6.77. The zero-order chi connectivity index (χ0) is 13.1. The van der Waals surface area contributed by atoms with Gasteiger partial charge in [0.15, 0.2) is 0 Å². The molecule has 1 aliphatic rings. The molecular formula is C12H19N3O2S. The van der Waals surface area contributed by atoms with Gasteiger partial charge in [0.05, 0.1) is 12.2 Å². The Kier molecular flexibility index (Phi) is 4.29. The minimum absolute atomic E-state index is 0.0498. The molecule has 0 saturated carbocycles. The molecule has 2 heterocycles. The Morgan fingerprint density at radius 1 is 1.50 bits per heavy atom. The van der Waals surface area contributed by atoms with Gasteiger partial charge in [-0.2, -0.15) is 4.98 Å². The van der Waals surface area contributed by atoms with Crippen molar-refractivity contribution in [1.82, 2.24) is 9.97 Å². The maximum Gasteiger partial charge on any atom is 0.241 e. The fraction of sp³-hybridized carbons (Fsp3) is 0.667. The largest absolute Gasteiger partial charge is 0.473 e. The summed E-state index contributed by atoms with van der Waals surface area (Å²) in [6, 6.07) is 0. The van der Waals surface area contributed by atoms with Crippen LogP contribution in [0, 0.1) is 0 Å². The molecule has 1 fully saturated rings. The Labute approximate surface area is 111 Å². The van der Waals surface area contributed by atoms with Crippen molar-refractivity contribution in [2.24, 2.45) is 0 Å². The molecule has 1 aromatic heterocycles. The van der Waals surface area contributed by atoms with Crippen LogP contribution in [0.4, 0.5) is 5.69 Å². The number of nitrogens with zero attached hydrogens (tertiary/aromatic N) is 2. The van der Waals surface area contributed by atoms with E-state index in [1.165, 1.54) is 6.33 Å². The number of nitrogens with two attached hydrogens (primary N) is 1. The van der Waals surface area contributed by atoms with E-state index in [1.807, 2.05) is 13.8 Å². The highest BCUT2D eigenvalue weighted by atomic mass is 32.2. The minimum Gasteiger partial charge on any atom is -0.473 e. The average Bonchev–Trinajstić information content (AvgIpc) is 2.70. The monoisotopic (exact) mass is 269 g/mol. The lowest BCUT2D eigenvalue weighted by Gasteiger charge is -2.16. The number of ether oxygens (including phenoxy) is 2. The molecule has 1 aromatic rings. The minimum atomic E-state index is 0.0498. The fourth-order valence-corrected chi connectivity index (χ4v) is 2.88. The predicted molar refractivity (Wildman–Crippen MR) is 71.9 cm³/mol. The summed E-state index contributed by atoms with van der Waals surface area (Å²) < 4.78 is 11.1. The van der Waals surface area contributed by atoms with Gasteiger partial charge in [0, 0.05) is 11.9 Å². The second-order valence-corrected chi connectivity index (χ2v) is 5.81. The summed E-state index contributed by atoms with van der Waals surface area (Å²) in [4.78, 5) is 8.31. The number of anilines is 1. The number of nitrogen functional groups attached to an aromatic ring is 1. The molecule has 1 aliphatic heterocycles. The van der Waals surface area contributed by atoms with E-state index in [1.54, 1.807) is 11.8 Å². The number of aromatic nitrogens is 2. The van der Waals surface area contributed by atoms with E-state index in [9.17, 15) is 0 Å². The maximum atomic E-state index is 6.04. The summed E-state index contributed by atoms with van der Waals surface area (Å²) >= 11 is 1.65. The van der Waals surface area contributed by atoms with E-state index in [0.29, 0.717) is 16.8 Å². The molecule has 100 valence electrons. The van der Waals surface area contributed by atoms with Crippen molar-refractivity contribution in [3.05, 3.63) is 6.33 Å². The number of hydrogen-bond donors (Lipinski definition) is 1. The average molecular weight is 269 g/mol. The molecule has 0 aliphatic carbocycles. The van der Waals surface area contributed by atoms with Crippen LogP contribution in [0.1, 0.15) is 27.2 Å². The lowest BCUT2D eigenvalue weighted by atomic mass is 10.3. The molecule has 18 heavy (non-hydrogen) atoms. The van der Waals surface area contributed by atoms with Gasteiger partial charge in [-0.25, -0.2) is 4.98 Å². The van der Waals surface area contributed by atoms with E-state index in [0.717, 1.165) is 18.1 Å². The van der Waals surface area contributed by atoms with Gasteiger partial charge in [0.1, 0.15) is 17.0 Å². The highest BCUT2D eigenvalue weighted by Gasteiger charge is 2.27. The topological polar surface area (TPSA) is 70.3 Å². The van der Waals surface area contributed by atoms with Crippen LogP contribution in [0.2, 0.25) is 0 Å². The molecule has 2 rings (SSSR count). The van der Waals surface area contributed by atoms with Gasteiger partial charge < -0.3 is 15.2 Å². The van der Waals surface area contributed by atoms with Crippen LogP contribution in [0.5, 0.6) is 5.88 Å². The molecule has 0 amide bonds. The van der Waals surface area contributed by atoms with Crippen molar-refractivity contribution in [3.63, 3.8) is 0 Å². The fourth-order valence-electron chi connectivity index (χ4n) is 1.79. The highest BCUT2D eigenvalue weighted by Crippen LogP contribution is 2.36. The summed E-state index contributed by atoms with van der Waals surface area (Å²) in [7, 11) is 0. The van der Waals surface area contributed by atoms with Gasteiger partial charge in [-0.05, 0) is 27.2 Å². The second kappa shape index (κ2) is 5.75. The number of thioether (sulfide) groups is 1. The number of hydrogen-bond acceptors (Lipinski definition) is 6.